The van der Waals surface area contributed by atoms with E-state index in [0.29, 0.717) is 5.41 Å². The van der Waals surface area contributed by atoms with Crippen molar-refractivity contribution in [2.45, 2.75) is 58.3 Å². The molecule has 2 rings (SSSR count). The van der Waals surface area contributed by atoms with E-state index in [1.165, 1.54) is 70.0 Å². The van der Waals surface area contributed by atoms with Crippen LogP contribution in [0.5, 0.6) is 0 Å². The van der Waals surface area contributed by atoms with Gasteiger partial charge in [-0.3, -0.25) is 0 Å². The van der Waals surface area contributed by atoms with E-state index in [4.69, 9.17) is 0 Å². The van der Waals surface area contributed by atoms with E-state index >= 15 is 0 Å². The minimum absolute atomic E-state index is 0.638. The first-order valence-corrected chi connectivity index (χ1v) is 8.09. The van der Waals surface area contributed by atoms with Gasteiger partial charge < -0.3 is 5.32 Å². The Morgan fingerprint density at radius 1 is 1.05 bits per heavy atom. The van der Waals surface area contributed by atoms with Gasteiger partial charge in [-0.2, -0.15) is 0 Å². The Morgan fingerprint density at radius 3 is 2.47 bits per heavy atom. The third-order valence-electron chi connectivity index (χ3n) is 4.83. The molecule has 19 heavy (non-hydrogen) atoms. The molecular weight excluding hydrogens is 230 g/mol. The van der Waals surface area contributed by atoms with Gasteiger partial charge in [0, 0.05) is 6.54 Å². The predicted molar refractivity (Wildman–Crippen MR) is 83.4 cm³/mol. The summed E-state index contributed by atoms with van der Waals surface area (Å²) in [6, 6.07) is 10.8. The van der Waals surface area contributed by atoms with Gasteiger partial charge >= 0.3 is 0 Å². The molecule has 1 fully saturated rings. The first-order chi connectivity index (χ1) is 9.35. The van der Waals surface area contributed by atoms with Crippen LogP contribution in [-0.4, -0.2) is 13.1 Å². The number of rotatable bonds is 8. The van der Waals surface area contributed by atoms with Gasteiger partial charge in [-0.1, -0.05) is 50.1 Å². The van der Waals surface area contributed by atoms with E-state index in [1.807, 2.05) is 0 Å². The topological polar surface area (TPSA) is 12.0 Å². The summed E-state index contributed by atoms with van der Waals surface area (Å²) in [5, 5.41) is 3.71. The van der Waals surface area contributed by atoms with Gasteiger partial charge in [-0.25, -0.2) is 0 Å². The van der Waals surface area contributed by atoms with Crippen LogP contribution in [0, 0.1) is 5.41 Å². The molecule has 1 aromatic carbocycles. The number of unbranched alkanes of at least 4 members (excludes halogenated alkanes) is 1. The molecule has 0 bridgehead atoms. The Balaban J connectivity index is 1.55. The SMILES string of the molecule is CCC1(CNCCCCc2ccccc2)CCCC1. The number of benzene rings is 1. The third-order valence-corrected chi connectivity index (χ3v) is 4.83. The number of hydrogen-bond acceptors (Lipinski definition) is 1. The van der Waals surface area contributed by atoms with E-state index in [-0.39, 0.29) is 0 Å². The van der Waals surface area contributed by atoms with Crippen molar-refractivity contribution >= 4 is 0 Å². The molecule has 0 saturated heterocycles. The largest absolute Gasteiger partial charge is 0.316 e. The lowest BCUT2D eigenvalue weighted by Crippen LogP contribution is -2.32. The minimum atomic E-state index is 0.638. The van der Waals surface area contributed by atoms with Crippen LogP contribution in [0.2, 0.25) is 0 Å². The third kappa shape index (κ3) is 4.65. The molecule has 0 aromatic heterocycles. The van der Waals surface area contributed by atoms with Crippen LogP contribution in [0.3, 0.4) is 0 Å². The quantitative estimate of drug-likeness (QED) is 0.674. The van der Waals surface area contributed by atoms with Crippen molar-refractivity contribution < 1.29 is 0 Å². The zero-order chi connectivity index (χ0) is 13.4. The van der Waals surface area contributed by atoms with Crippen LogP contribution in [0.1, 0.15) is 57.4 Å². The molecule has 1 nitrogen and oxygen atoms in total. The summed E-state index contributed by atoms with van der Waals surface area (Å²) in [6.45, 7) is 4.80. The highest BCUT2D eigenvalue weighted by molar-refractivity contribution is 5.14. The Kier molecular flexibility index (Phi) is 5.91. The second-order valence-electron chi connectivity index (χ2n) is 6.18. The van der Waals surface area contributed by atoms with Crippen molar-refractivity contribution in [3.63, 3.8) is 0 Å². The molecule has 1 aliphatic rings. The normalized spacial score (nSPS) is 17.7. The highest BCUT2D eigenvalue weighted by Gasteiger charge is 2.31. The molecule has 0 aliphatic heterocycles. The summed E-state index contributed by atoms with van der Waals surface area (Å²) in [5.41, 5.74) is 2.11. The highest BCUT2D eigenvalue weighted by atomic mass is 14.9. The molecule has 0 radical (unpaired) electrons. The van der Waals surface area contributed by atoms with E-state index in [0.717, 1.165) is 0 Å². The van der Waals surface area contributed by atoms with Crippen molar-refractivity contribution in [2.75, 3.05) is 13.1 Å². The van der Waals surface area contributed by atoms with E-state index in [1.54, 1.807) is 0 Å². The zero-order valence-electron chi connectivity index (χ0n) is 12.5. The monoisotopic (exact) mass is 259 g/mol. The molecule has 0 atom stereocenters. The Labute approximate surface area is 118 Å². The minimum Gasteiger partial charge on any atom is -0.316 e. The molecular formula is C18H29N. The lowest BCUT2D eigenvalue weighted by molar-refractivity contribution is 0.268. The van der Waals surface area contributed by atoms with Crippen LogP contribution in [0.4, 0.5) is 0 Å². The fourth-order valence-electron chi connectivity index (χ4n) is 3.36. The fourth-order valence-corrected chi connectivity index (χ4v) is 3.36. The van der Waals surface area contributed by atoms with E-state index < -0.39 is 0 Å². The maximum atomic E-state index is 3.71. The van der Waals surface area contributed by atoms with Gasteiger partial charge in [0.25, 0.3) is 0 Å². The van der Waals surface area contributed by atoms with Gasteiger partial charge in [-0.15, -0.1) is 0 Å². The molecule has 1 N–H and O–H groups in total. The summed E-state index contributed by atoms with van der Waals surface area (Å²) < 4.78 is 0. The summed E-state index contributed by atoms with van der Waals surface area (Å²) in [6.07, 6.45) is 11.0. The van der Waals surface area contributed by atoms with Crippen LogP contribution >= 0.6 is 0 Å². The van der Waals surface area contributed by atoms with Gasteiger partial charge in [-0.05, 0) is 56.0 Å². The molecule has 0 amide bonds. The van der Waals surface area contributed by atoms with Gasteiger partial charge in [0.2, 0.25) is 0 Å². The van der Waals surface area contributed by atoms with Crippen LogP contribution in [0.15, 0.2) is 30.3 Å². The number of aryl methyl sites for hydroxylation is 1. The van der Waals surface area contributed by atoms with Crippen molar-refractivity contribution in [1.82, 2.24) is 5.32 Å². The average molecular weight is 259 g/mol. The molecule has 0 heterocycles. The van der Waals surface area contributed by atoms with Crippen molar-refractivity contribution in [2.24, 2.45) is 5.41 Å². The average Bonchev–Trinajstić information content (AvgIpc) is 2.93. The second kappa shape index (κ2) is 7.69. The molecule has 0 unspecified atom stereocenters. The van der Waals surface area contributed by atoms with E-state index in [2.05, 4.69) is 42.6 Å². The maximum absolute atomic E-state index is 3.71. The van der Waals surface area contributed by atoms with Crippen molar-refractivity contribution in [3.8, 4) is 0 Å². The van der Waals surface area contributed by atoms with Gasteiger partial charge in [0.1, 0.15) is 0 Å². The lowest BCUT2D eigenvalue weighted by Gasteiger charge is -2.27. The number of nitrogens with one attached hydrogen (secondary N) is 1. The van der Waals surface area contributed by atoms with Crippen LogP contribution in [0.25, 0.3) is 0 Å². The second-order valence-corrected chi connectivity index (χ2v) is 6.18. The van der Waals surface area contributed by atoms with Gasteiger partial charge in [0.15, 0.2) is 0 Å². The standard InChI is InChI=1S/C18H29N/c1-2-18(13-7-8-14-18)16-19-15-9-6-12-17-10-4-3-5-11-17/h3-5,10-11,19H,2,6-9,12-16H2,1H3. The highest BCUT2D eigenvalue weighted by Crippen LogP contribution is 2.40. The van der Waals surface area contributed by atoms with Crippen LogP contribution < -0.4 is 5.32 Å². The van der Waals surface area contributed by atoms with Crippen molar-refractivity contribution in [1.29, 1.82) is 0 Å². The molecule has 106 valence electrons. The molecule has 1 saturated carbocycles. The first kappa shape index (κ1) is 14.6. The van der Waals surface area contributed by atoms with Gasteiger partial charge in [0.05, 0.1) is 0 Å². The molecule has 1 aliphatic carbocycles. The Bertz CT molecular complexity index is 338. The Morgan fingerprint density at radius 2 is 1.79 bits per heavy atom. The zero-order valence-corrected chi connectivity index (χ0v) is 12.5. The predicted octanol–water partition coefficient (Wildman–Crippen LogP) is 4.57. The fraction of sp³-hybridized carbons (Fsp3) is 0.667. The summed E-state index contributed by atoms with van der Waals surface area (Å²) in [5.74, 6) is 0. The molecule has 1 heteroatoms. The maximum Gasteiger partial charge on any atom is 0.000770 e. The summed E-state index contributed by atoms with van der Waals surface area (Å²) in [7, 11) is 0. The molecule has 0 spiro atoms. The number of hydrogen-bond donors (Lipinski definition) is 1. The summed E-state index contributed by atoms with van der Waals surface area (Å²) in [4.78, 5) is 0. The first-order valence-electron chi connectivity index (χ1n) is 8.09. The summed E-state index contributed by atoms with van der Waals surface area (Å²) >= 11 is 0. The lowest BCUT2D eigenvalue weighted by atomic mass is 9.83. The van der Waals surface area contributed by atoms with Crippen molar-refractivity contribution in [3.05, 3.63) is 35.9 Å². The smallest absolute Gasteiger partial charge is 0.000770 e. The Hall–Kier alpha value is -0.820. The van der Waals surface area contributed by atoms with E-state index in [9.17, 15) is 0 Å². The molecule has 1 aromatic rings. The van der Waals surface area contributed by atoms with Crippen LogP contribution in [-0.2, 0) is 6.42 Å².